The van der Waals surface area contributed by atoms with Gasteiger partial charge in [-0.15, -0.1) is 11.8 Å². The number of nitrogens with zero attached hydrogens (tertiary/aromatic N) is 2. The molecule has 0 spiro atoms. The van der Waals surface area contributed by atoms with Crippen molar-refractivity contribution in [2.75, 3.05) is 26.5 Å². The number of thioether (sulfide) groups is 1. The number of hydrogen-bond acceptors (Lipinski definition) is 6. The van der Waals surface area contributed by atoms with Crippen molar-refractivity contribution in [3.05, 3.63) is 63.7 Å². The number of nitro groups is 1. The molecule has 0 radical (unpaired) electrons. The number of non-ortho nitro benzene ring substituents is 1. The third kappa shape index (κ3) is 3.60. The molecule has 8 heteroatoms. The Kier molecular flexibility index (Phi) is 5.32. The molecule has 0 aliphatic carbocycles. The van der Waals surface area contributed by atoms with Gasteiger partial charge in [-0.05, 0) is 29.8 Å². The Labute approximate surface area is 155 Å². The number of carbonyl (C=O) groups is 1. The molecule has 0 bridgehead atoms. The van der Waals surface area contributed by atoms with Gasteiger partial charge in [0.05, 0.1) is 19.1 Å². The van der Waals surface area contributed by atoms with Crippen LogP contribution >= 0.6 is 11.8 Å². The first-order valence-electron chi connectivity index (χ1n) is 7.93. The summed E-state index contributed by atoms with van der Waals surface area (Å²) in [6, 6.07) is 11.2. The average Bonchev–Trinajstić information content (AvgIpc) is 3.16. The summed E-state index contributed by atoms with van der Waals surface area (Å²) in [6.45, 7) is 0.602. The molecule has 2 aromatic carbocycles. The molecule has 1 aliphatic heterocycles. The molecule has 3 rings (SSSR count). The van der Waals surface area contributed by atoms with Crippen molar-refractivity contribution >= 4 is 23.4 Å². The Bertz CT molecular complexity index is 803. The molecule has 2 aromatic rings. The molecule has 1 saturated heterocycles. The van der Waals surface area contributed by atoms with Crippen molar-refractivity contribution in [3.63, 3.8) is 0 Å². The van der Waals surface area contributed by atoms with Crippen LogP contribution in [0.25, 0.3) is 0 Å². The predicted molar refractivity (Wildman–Crippen MR) is 98.9 cm³/mol. The minimum atomic E-state index is -0.481. The first-order chi connectivity index (χ1) is 12.5. The lowest BCUT2D eigenvalue weighted by Crippen LogP contribution is -2.30. The molecule has 0 aromatic heterocycles. The van der Waals surface area contributed by atoms with E-state index in [-0.39, 0.29) is 17.0 Å². The van der Waals surface area contributed by atoms with Gasteiger partial charge < -0.3 is 14.4 Å². The summed E-state index contributed by atoms with van der Waals surface area (Å²) in [7, 11) is 3.17. The molecular formula is C18H18N2O5S. The highest BCUT2D eigenvalue weighted by Gasteiger charge is 2.32. The standard InChI is InChI=1S/C18H18N2O5S/c1-24-15-9-13(10-16(11-15)25-2)18-19(7-8-26-18)17(21)12-3-5-14(6-4-12)20(22)23/h3-6,9-11,18H,7-8H2,1-2H3/t18-/m0/s1. The molecule has 1 fully saturated rings. The minimum Gasteiger partial charge on any atom is -0.497 e. The van der Waals surface area contributed by atoms with Gasteiger partial charge in [0, 0.05) is 36.1 Å². The fraction of sp³-hybridized carbons (Fsp3) is 0.278. The van der Waals surface area contributed by atoms with Gasteiger partial charge >= 0.3 is 0 Å². The van der Waals surface area contributed by atoms with Gasteiger partial charge in [-0.3, -0.25) is 14.9 Å². The number of ether oxygens (including phenoxy) is 2. The Morgan fingerprint density at radius 1 is 1.15 bits per heavy atom. The molecule has 26 heavy (non-hydrogen) atoms. The number of amides is 1. The van der Waals surface area contributed by atoms with Crippen LogP contribution in [0, 0.1) is 10.1 Å². The SMILES string of the molecule is COc1cc(OC)cc([C@@H]2SCCN2C(=O)c2ccc([N+](=O)[O-])cc2)c1. The van der Waals surface area contributed by atoms with Gasteiger partial charge in [-0.25, -0.2) is 0 Å². The van der Waals surface area contributed by atoms with Crippen LogP contribution in [-0.4, -0.2) is 42.2 Å². The highest BCUT2D eigenvalue weighted by molar-refractivity contribution is 7.99. The lowest BCUT2D eigenvalue weighted by atomic mass is 10.1. The lowest BCUT2D eigenvalue weighted by molar-refractivity contribution is -0.384. The van der Waals surface area contributed by atoms with E-state index in [1.54, 1.807) is 36.9 Å². The molecule has 1 heterocycles. The highest BCUT2D eigenvalue weighted by Crippen LogP contribution is 2.41. The number of carbonyl (C=O) groups excluding carboxylic acids is 1. The van der Waals surface area contributed by atoms with Gasteiger partial charge in [0.2, 0.25) is 0 Å². The third-order valence-electron chi connectivity index (χ3n) is 4.14. The van der Waals surface area contributed by atoms with Crippen molar-refractivity contribution < 1.29 is 19.2 Å². The van der Waals surface area contributed by atoms with E-state index in [0.29, 0.717) is 23.6 Å². The number of rotatable bonds is 5. The van der Waals surface area contributed by atoms with Crippen LogP contribution in [0.2, 0.25) is 0 Å². The van der Waals surface area contributed by atoms with Crippen molar-refractivity contribution in [2.24, 2.45) is 0 Å². The predicted octanol–water partition coefficient (Wildman–Crippen LogP) is 3.50. The van der Waals surface area contributed by atoms with Gasteiger partial charge in [0.25, 0.3) is 11.6 Å². The van der Waals surface area contributed by atoms with E-state index < -0.39 is 4.92 Å². The van der Waals surface area contributed by atoms with E-state index in [4.69, 9.17) is 9.47 Å². The Hall–Kier alpha value is -2.74. The molecule has 0 saturated carbocycles. The van der Waals surface area contributed by atoms with Crippen LogP contribution in [0.5, 0.6) is 11.5 Å². The second-order valence-corrected chi connectivity index (χ2v) is 6.86. The van der Waals surface area contributed by atoms with Crippen molar-refractivity contribution in [1.82, 2.24) is 4.90 Å². The van der Waals surface area contributed by atoms with E-state index in [1.165, 1.54) is 24.3 Å². The van der Waals surface area contributed by atoms with Gasteiger partial charge in [0.15, 0.2) is 0 Å². The summed E-state index contributed by atoms with van der Waals surface area (Å²) in [4.78, 5) is 25.0. The van der Waals surface area contributed by atoms with Crippen molar-refractivity contribution in [3.8, 4) is 11.5 Å². The molecule has 1 aliphatic rings. The van der Waals surface area contributed by atoms with Crippen LogP contribution in [0.1, 0.15) is 21.3 Å². The number of hydrogen-bond donors (Lipinski definition) is 0. The Balaban J connectivity index is 1.88. The van der Waals surface area contributed by atoms with E-state index in [1.807, 2.05) is 12.1 Å². The topological polar surface area (TPSA) is 81.9 Å². The summed E-state index contributed by atoms with van der Waals surface area (Å²) in [5.41, 5.74) is 1.31. The maximum absolute atomic E-state index is 12.9. The lowest BCUT2D eigenvalue weighted by Gasteiger charge is -2.25. The fourth-order valence-electron chi connectivity index (χ4n) is 2.82. The quantitative estimate of drug-likeness (QED) is 0.588. The number of methoxy groups -OCH3 is 2. The Morgan fingerprint density at radius 2 is 1.77 bits per heavy atom. The molecule has 136 valence electrons. The average molecular weight is 374 g/mol. The summed E-state index contributed by atoms with van der Waals surface area (Å²) < 4.78 is 10.6. The van der Waals surface area contributed by atoms with E-state index >= 15 is 0 Å². The molecule has 7 nitrogen and oxygen atoms in total. The van der Waals surface area contributed by atoms with Gasteiger partial charge in [-0.1, -0.05) is 0 Å². The number of benzene rings is 2. The zero-order valence-corrected chi connectivity index (χ0v) is 15.2. The molecule has 0 N–H and O–H groups in total. The van der Waals surface area contributed by atoms with Gasteiger partial charge in [-0.2, -0.15) is 0 Å². The third-order valence-corrected chi connectivity index (χ3v) is 5.40. The zero-order valence-electron chi connectivity index (χ0n) is 14.4. The second kappa shape index (κ2) is 7.65. The molecule has 1 atom stereocenters. The molecule has 1 amide bonds. The van der Waals surface area contributed by atoms with E-state index in [9.17, 15) is 14.9 Å². The molecule has 0 unspecified atom stereocenters. The second-order valence-electron chi connectivity index (χ2n) is 5.67. The van der Waals surface area contributed by atoms with Crippen LogP contribution in [0.4, 0.5) is 5.69 Å². The van der Waals surface area contributed by atoms with E-state index in [0.717, 1.165) is 11.3 Å². The van der Waals surface area contributed by atoms with Crippen molar-refractivity contribution in [2.45, 2.75) is 5.37 Å². The van der Waals surface area contributed by atoms with Gasteiger partial charge in [0.1, 0.15) is 16.9 Å². The summed E-state index contributed by atoms with van der Waals surface area (Å²) in [6.07, 6.45) is 0. The minimum absolute atomic E-state index is 0.0357. The summed E-state index contributed by atoms with van der Waals surface area (Å²) >= 11 is 1.66. The molecular weight excluding hydrogens is 356 g/mol. The monoisotopic (exact) mass is 374 g/mol. The normalized spacial score (nSPS) is 16.4. The Morgan fingerprint density at radius 3 is 2.31 bits per heavy atom. The summed E-state index contributed by atoms with van der Waals surface area (Å²) in [5.74, 6) is 1.98. The largest absolute Gasteiger partial charge is 0.497 e. The maximum atomic E-state index is 12.9. The fourth-order valence-corrected chi connectivity index (χ4v) is 4.05. The van der Waals surface area contributed by atoms with Crippen LogP contribution in [-0.2, 0) is 0 Å². The first kappa shape index (κ1) is 18.1. The maximum Gasteiger partial charge on any atom is 0.269 e. The summed E-state index contributed by atoms with van der Waals surface area (Å²) in [5, 5.41) is 10.6. The highest BCUT2D eigenvalue weighted by atomic mass is 32.2. The van der Waals surface area contributed by atoms with Crippen LogP contribution in [0.3, 0.4) is 0 Å². The zero-order chi connectivity index (χ0) is 18.7. The smallest absolute Gasteiger partial charge is 0.269 e. The number of nitro benzene ring substituents is 1. The van der Waals surface area contributed by atoms with Crippen LogP contribution < -0.4 is 9.47 Å². The van der Waals surface area contributed by atoms with Crippen LogP contribution in [0.15, 0.2) is 42.5 Å². The van der Waals surface area contributed by atoms with E-state index in [2.05, 4.69) is 0 Å². The van der Waals surface area contributed by atoms with Crippen molar-refractivity contribution in [1.29, 1.82) is 0 Å². The first-order valence-corrected chi connectivity index (χ1v) is 8.98.